The smallest absolute Gasteiger partial charge is 0.384 e. The average molecular weight is 303 g/mol. The first-order chi connectivity index (χ1) is 10.5. The SMILES string of the molecule is CCOC(=O)C#CC1C(C)=C(C)C=CN1/C=C/C(=O)OCC. The van der Waals surface area contributed by atoms with Gasteiger partial charge < -0.3 is 14.4 Å². The molecule has 118 valence electrons. The van der Waals surface area contributed by atoms with E-state index in [-0.39, 0.29) is 6.04 Å². The molecule has 22 heavy (non-hydrogen) atoms. The van der Waals surface area contributed by atoms with Gasteiger partial charge in [-0.1, -0.05) is 5.92 Å². The van der Waals surface area contributed by atoms with Crippen LogP contribution in [0.15, 0.2) is 35.7 Å². The van der Waals surface area contributed by atoms with E-state index < -0.39 is 11.9 Å². The van der Waals surface area contributed by atoms with Crippen LogP contribution in [-0.2, 0) is 19.1 Å². The van der Waals surface area contributed by atoms with Gasteiger partial charge in [0.2, 0.25) is 0 Å². The molecule has 0 fully saturated rings. The Morgan fingerprint density at radius 3 is 2.59 bits per heavy atom. The van der Waals surface area contributed by atoms with Gasteiger partial charge in [-0.05, 0) is 44.9 Å². The van der Waals surface area contributed by atoms with Crippen molar-refractivity contribution in [3.8, 4) is 11.8 Å². The third-order valence-corrected chi connectivity index (χ3v) is 3.08. The molecule has 1 aliphatic rings. The van der Waals surface area contributed by atoms with Crippen LogP contribution >= 0.6 is 0 Å². The molecule has 0 spiro atoms. The second kappa shape index (κ2) is 8.73. The maximum atomic E-state index is 11.4. The number of carbonyl (C=O) groups is 2. The predicted octanol–water partition coefficient (Wildman–Crippen LogP) is 2.16. The molecule has 0 radical (unpaired) electrons. The van der Waals surface area contributed by atoms with Gasteiger partial charge in [-0.15, -0.1) is 0 Å². The summed E-state index contributed by atoms with van der Waals surface area (Å²) in [4.78, 5) is 24.6. The van der Waals surface area contributed by atoms with E-state index in [4.69, 9.17) is 9.47 Å². The van der Waals surface area contributed by atoms with Crippen molar-refractivity contribution in [3.05, 3.63) is 35.7 Å². The molecule has 0 aromatic rings. The first-order valence-electron chi connectivity index (χ1n) is 7.15. The highest BCUT2D eigenvalue weighted by atomic mass is 16.5. The predicted molar refractivity (Wildman–Crippen MR) is 83.3 cm³/mol. The molecule has 0 N–H and O–H groups in total. The number of rotatable bonds is 4. The molecule has 1 rings (SSSR count). The highest BCUT2D eigenvalue weighted by molar-refractivity contribution is 5.88. The molecule has 0 aromatic heterocycles. The first kappa shape index (κ1) is 17.6. The standard InChI is InChI=1S/C17H21NO4/c1-5-21-16(19)8-7-15-14(4)13(3)9-11-18(15)12-10-17(20)22-6-2/h9-12,15H,5-6H2,1-4H3/b12-10+. The number of ether oxygens (including phenoxy) is 2. The van der Waals surface area contributed by atoms with Crippen LogP contribution in [0.2, 0.25) is 0 Å². The Balaban J connectivity index is 2.93. The van der Waals surface area contributed by atoms with Crippen LogP contribution in [0, 0.1) is 11.8 Å². The van der Waals surface area contributed by atoms with Crippen molar-refractivity contribution in [1.29, 1.82) is 0 Å². The van der Waals surface area contributed by atoms with E-state index in [1.54, 1.807) is 24.9 Å². The summed E-state index contributed by atoms with van der Waals surface area (Å²) in [5, 5.41) is 0. The average Bonchev–Trinajstić information content (AvgIpc) is 2.48. The maximum Gasteiger partial charge on any atom is 0.384 e. The minimum absolute atomic E-state index is 0.290. The number of hydrogen-bond acceptors (Lipinski definition) is 5. The van der Waals surface area contributed by atoms with Crippen molar-refractivity contribution < 1.29 is 19.1 Å². The summed E-state index contributed by atoms with van der Waals surface area (Å²) in [7, 11) is 0. The fourth-order valence-electron chi connectivity index (χ4n) is 1.80. The molecule has 1 aliphatic heterocycles. The van der Waals surface area contributed by atoms with Crippen LogP contribution in [0.25, 0.3) is 0 Å². The van der Waals surface area contributed by atoms with E-state index in [9.17, 15) is 9.59 Å². The van der Waals surface area contributed by atoms with E-state index in [1.807, 2.05) is 26.1 Å². The molecule has 0 saturated heterocycles. The van der Waals surface area contributed by atoms with Crippen molar-refractivity contribution in [3.63, 3.8) is 0 Å². The van der Waals surface area contributed by atoms with E-state index in [2.05, 4.69) is 11.8 Å². The van der Waals surface area contributed by atoms with Gasteiger partial charge in [0.25, 0.3) is 0 Å². The lowest BCUT2D eigenvalue weighted by Gasteiger charge is -2.28. The summed E-state index contributed by atoms with van der Waals surface area (Å²) in [5.41, 5.74) is 2.08. The quantitative estimate of drug-likeness (QED) is 0.345. The maximum absolute atomic E-state index is 11.4. The van der Waals surface area contributed by atoms with Gasteiger partial charge >= 0.3 is 11.9 Å². The third-order valence-electron chi connectivity index (χ3n) is 3.08. The van der Waals surface area contributed by atoms with E-state index in [0.29, 0.717) is 13.2 Å². The van der Waals surface area contributed by atoms with Crippen molar-refractivity contribution in [2.75, 3.05) is 13.2 Å². The minimum Gasteiger partial charge on any atom is -0.463 e. The van der Waals surface area contributed by atoms with Crippen LogP contribution in [0.4, 0.5) is 0 Å². The zero-order valence-corrected chi connectivity index (χ0v) is 13.4. The van der Waals surface area contributed by atoms with E-state index >= 15 is 0 Å². The van der Waals surface area contributed by atoms with Gasteiger partial charge in [-0.2, -0.15) is 0 Å². The summed E-state index contributed by atoms with van der Waals surface area (Å²) in [5.74, 6) is 4.38. The lowest BCUT2D eigenvalue weighted by molar-refractivity contribution is -0.137. The highest BCUT2D eigenvalue weighted by Crippen LogP contribution is 2.21. The molecule has 0 aliphatic carbocycles. The molecule has 1 atom stereocenters. The lowest BCUT2D eigenvalue weighted by Crippen LogP contribution is -2.29. The zero-order chi connectivity index (χ0) is 16.5. The van der Waals surface area contributed by atoms with E-state index in [0.717, 1.165) is 11.1 Å². The van der Waals surface area contributed by atoms with Crippen molar-refractivity contribution in [1.82, 2.24) is 4.90 Å². The topological polar surface area (TPSA) is 55.8 Å². The lowest BCUT2D eigenvalue weighted by atomic mass is 9.99. The molecular weight excluding hydrogens is 282 g/mol. The second-order valence-electron chi connectivity index (χ2n) is 4.59. The number of carbonyl (C=O) groups excluding carboxylic acids is 2. The Morgan fingerprint density at radius 1 is 1.27 bits per heavy atom. The van der Waals surface area contributed by atoms with Crippen LogP contribution in [0.3, 0.4) is 0 Å². The number of nitrogens with zero attached hydrogens (tertiary/aromatic N) is 1. The monoisotopic (exact) mass is 303 g/mol. The molecule has 0 amide bonds. The van der Waals surface area contributed by atoms with Gasteiger partial charge in [0.1, 0.15) is 6.04 Å². The van der Waals surface area contributed by atoms with Crippen molar-refractivity contribution in [2.24, 2.45) is 0 Å². The fourth-order valence-corrected chi connectivity index (χ4v) is 1.80. The van der Waals surface area contributed by atoms with Gasteiger partial charge in [0, 0.05) is 24.4 Å². The van der Waals surface area contributed by atoms with Gasteiger partial charge in [0.05, 0.1) is 13.2 Å². The highest BCUT2D eigenvalue weighted by Gasteiger charge is 2.18. The normalized spacial score (nSPS) is 17.3. The zero-order valence-electron chi connectivity index (χ0n) is 13.4. The van der Waals surface area contributed by atoms with Gasteiger partial charge in [-0.3, -0.25) is 0 Å². The molecule has 1 heterocycles. The number of hydrogen-bond donors (Lipinski definition) is 0. The van der Waals surface area contributed by atoms with Gasteiger partial charge in [-0.25, -0.2) is 9.59 Å². The molecule has 0 aromatic carbocycles. The largest absolute Gasteiger partial charge is 0.463 e. The molecule has 0 bridgehead atoms. The number of allylic oxidation sites excluding steroid dienone is 2. The summed E-state index contributed by atoms with van der Waals surface area (Å²) in [6, 6.07) is -0.319. The molecule has 1 unspecified atom stereocenters. The third kappa shape index (κ3) is 5.13. The Kier molecular flexibility index (Phi) is 6.97. The molecular formula is C17H21NO4. The van der Waals surface area contributed by atoms with Crippen LogP contribution < -0.4 is 0 Å². The second-order valence-corrected chi connectivity index (χ2v) is 4.59. The Morgan fingerprint density at radius 2 is 1.95 bits per heavy atom. The Hall–Kier alpha value is -2.48. The molecule has 5 nitrogen and oxygen atoms in total. The Labute approximate surface area is 131 Å². The summed E-state index contributed by atoms with van der Waals surface area (Å²) in [6.07, 6.45) is 6.66. The summed E-state index contributed by atoms with van der Waals surface area (Å²) >= 11 is 0. The fraction of sp³-hybridized carbons (Fsp3) is 0.412. The summed E-state index contributed by atoms with van der Waals surface area (Å²) < 4.78 is 9.65. The molecule has 5 heteroatoms. The van der Waals surface area contributed by atoms with Crippen LogP contribution in [0.1, 0.15) is 27.7 Å². The Bertz CT molecular complexity index is 575. The first-order valence-corrected chi connectivity index (χ1v) is 7.15. The number of esters is 2. The van der Waals surface area contributed by atoms with Gasteiger partial charge in [0.15, 0.2) is 0 Å². The molecule has 0 saturated carbocycles. The summed E-state index contributed by atoms with van der Waals surface area (Å²) in [6.45, 7) is 8.00. The van der Waals surface area contributed by atoms with Crippen LogP contribution in [-0.4, -0.2) is 36.1 Å². The van der Waals surface area contributed by atoms with Crippen molar-refractivity contribution >= 4 is 11.9 Å². The van der Waals surface area contributed by atoms with Crippen molar-refractivity contribution in [2.45, 2.75) is 33.7 Å². The van der Waals surface area contributed by atoms with E-state index in [1.165, 1.54) is 6.08 Å². The minimum atomic E-state index is -0.558. The van der Waals surface area contributed by atoms with Crippen LogP contribution in [0.5, 0.6) is 0 Å².